The van der Waals surface area contributed by atoms with Crippen LogP contribution in [0.2, 0.25) is 0 Å². The van der Waals surface area contributed by atoms with Gasteiger partial charge >= 0.3 is 7.12 Å². The lowest BCUT2D eigenvalue weighted by atomic mass is 9.80. The van der Waals surface area contributed by atoms with Gasteiger partial charge in [-0.2, -0.15) is 0 Å². The molecule has 0 atom stereocenters. The van der Waals surface area contributed by atoms with Gasteiger partial charge in [0.05, 0.1) is 6.27 Å². The first-order valence-corrected chi connectivity index (χ1v) is 7.51. The Bertz CT molecular complexity index is 941. The standard InChI is InChI=1S/C13H11BN2O4S/c17-14(18)12-9-16(13-11(12)7-4-8-15-13)21(19,20)10-5-2-1-3-6-10/h1-9,17-18H/i9D. The Morgan fingerprint density at radius 3 is 2.52 bits per heavy atom. The Kier molecular flexibility index (Phi) is 2.99. The van der Waals surface area contributed by atoms with E-state index >= 15 is 0 Å². The first-order chi connectivity index (χ1) is 10.4. The second kappa shape index (κ2) is 4.99. The summed E-state index contributed by atoms with van der Waals surface area (Å²) in [5, 5.41) is 19.1. The maximum Gasteiger partial charge on any atom is 0.490 e. The molecule has 0 radical (unpaired) electrons. The van der Waals surface area contributed by atoms with E-state index in [0.29, 0.717) is 3.97 Å². The summed E-state index contributed by atoms with van der Waals surface area (Å²) in [5.41, 5.74) is -0.206. The number of fused-ring (bicyclic) bond motifs is 1. The lowest BCUT2D eigenvalue weighted by molar-refractivity contribution is 0.426. The SMILES string of the molecule is [2H]c1c(B(O)O)c2cccnc2n1S(=O)(=O)c1ccccc1. The molecule has 2 aromatic heterocycles. The molecule has 0 spiro atoms. The van der Waals surface area contributed by atoms with E-state index in [1.807, 2.05) is 0 Å². The molecule has 0 aliphatic carbocycles. The second-order valence-corrected chi connectivity index (χ2v) is 6.14. The minimum Gasteiger partial charge on any atom is -0.423 e. The molecule has 0 fully saturated rings. The van der Waals surface area contributed by atoms with E-state index in [1.165, 1.54) is 30.5 Å². The fraction of sp³-hybridized carbons (Fsp3) is 0. The first kappa shape index (κ1) is 12.6. The highest BCUT2D eigenvalue weighted by Crippen LogP contribution is 2.19. The van der Waals surface area contributed by atoms with E-state index in [2.05, 4.69) is 4.98 Å². The normalized spacial score (nSPS) is 12.4. The van der Waals surface area contributed by atoms with Gasteiger partial charge in [0.15, 0.2) is 5.65 Å². The van der Waals surface area contributed by atoms with Gasteiger partial charge < -0.3 is 10.0 Å². The molecule has 3 aromatic rings. The summed E-state index contributed by atoms with van der Waals surface area (Å²) in [4.78, 5) is 3.97. The molecule has 0 amide bonds. The van der Waals surface area contributed by atoms with Gasteiger partial charge in [-0.25, -0.2) is 17.4 Å². The number of hydrogen-bond acceptors (Lipinski definition) is 5. The molecule has 1 aromatic carbocycles. The van der Waals surface area contributed by atoms with Crippen LogP contribution < -0.4 is 5.46 Å². The minimum atomic E-state index is -4.06. The van der Waals surface area contributed by atoms with Crippen molar-refractivity contribution in [2.45, 2.75) is 4.90 Å². The third kappa shape index (κ3) is 2.23. The van der Waals surface area contributed by atoms with Gasteiger partial charge in [0, 0.05) is 23.2 Å². The van der Waals surface area contributed by atoms with Crippen molar-refractivity contribution in [3.8, 4) is 0 Å². The molecule has 0 aliphatic heterocycles. The highest BCUT2D eigenvalue weighted by atomic mass is 32.2. The van der Waals surface area contributed by atoms with E-state index in [9.17, 15) is 18.5 Å². The number of benzene rings is 1. The van der Waals surface area contributed by atoms with Gasteiger partial charge in [0.25, 0.3) is 10.0 Å². The fourth-order valence-electron chi connectivity index (χ4n) is 2.06. The lowest BCUT2D eigenvalue weighted by Crippen LogP contribution is -2.29. The molecule has 0 unspecified atom stereocenters. The van der Waals surface area contributed by atoms with Gasteiger partial charge in [0.2, 0.25) is 0 Å². The summed E-state index contributed by atoms with van der Waals surface area (Å²) in [6, 6.07) is 10.6. The molecule has 0 bridgehead atoms. The van der Waals surface area contributed by atoms with Gasteiger partial charge in [-0.05, 0) is 24.3 Å². The highest BCUT2D eigenvalue weighted by molar-refractivity contribution is 7.90. The average molecular weight is 303 g/mol. The van der Waals surface area contributed by atoms with Crippen molar-refractivity contribution in [3.05, 3.63) is 54.8 Å². The van der Waals surface area contributed by atoms with E-state index in [0.717, 1.165) is 0 Å². The molecule has 2 heterocycles. The van der Waals surface area contributed by atoms with Crippen molar-refractivity contribution in [2.75, 3.05) is 0 Å². The summed E-state index contributed by atoms with van der Waals surface area (Å²) in [5.74, 6) is 0. The zero-order chi connectivity index (χ0) is 15.9. The summed E-state index contributed by atoms with van der Waals surface area (Å²) < 4.78 is 34.2. The zero-order valence-corrected chi connectivity index (χ0v) is 11.5. The van der Waals surface area contributed by atoms with Crippen LogP contribution in [0.25, 0.3) is 11.0 Å². The Morgan fingerprint density at radius 2 is 1.86 bits per heavy atom. The quantitative estimate of drug-likeness (QED) is 0.662. The molecule has 106 valence electrons. The molecule has 21 heavy (non-hydrogen) atoms. The monoisotopic (exact) mass is 303 g/mol. The second-order valence-electron chi connectivity index (χ2n) is 4.36. The highest BCUT2D eigenvalue weighted by Gasteiger charge is 2.25. The van der Waals surface area contributed by atoms with Crippen LogP contribution in [0.1, 0.15) is 1.37 Å². The average Bonchev–Trinajstić information content (AvgIpc) is 2.80. The van der Waals surface area contributed by atoms with Crippen molar-refractivity contribution in [1.29, 1.82) is 0 Å². The fourth-order valence-corrected chi connectivity index (χ4v) is 3.36. The molecule has 3 rings (SSSR count). The number of aromatic nitrogens is 2. The van der Waals surface area contributed by atoms with E-state index in [-0.39, 0.29) is 21.4 Å². The van der Waals surface area contributed by atoms with Gasteiger partial charge in [-0.3, -0.25) is 0 Å². The van der Waals surface area contributed by atoms with Crippen LogP contribution in [0, 0.1) is 0 Å². The van der Waals surface area contributed by atoms with Crippen LogP contribution in [-0.2, 0) is 10.0 Å². The van der Waals surface area contributed by atoms with Crippen LogP contribution in [0.5, 0.6) is 0 Å². The van der Waals surface area contributed by atoms with E-state index < -0.39 is 23.3 Å². The maximum absolute atomic E-state index is 12.7. The number of pyridine rings is 1. The Morgan fingerprint density at radius 1 is 1.14 bits per heavy atom. The van der Waals surface area contributed by atoms with E-state index in [4.69, 9.17) is 1.37 Å². The van der Waals surface area contributed by atoms with Crippen LogP contribution in [0.15, 0.2) is 59.7 Å². The molecule has 8 heteroatoms. The molecule has 0 saturated carbocycles. The van der Waals surface area contributed by atoms with Crippen molar-refractivity contribution < 1.29 is 19.8 Å². The van der Waals surface area contributed by atoms with Crippen LogP contribution in [0.3, 0.4) is 0 Å². The lowest BCUT2D eigenvalue weighted by Gasteiger charge is -2.06. The van der Waals surface area contributed by atoms with Crippen LogP contribution >= 0.6 is 0 Å². The Balaban J connectivity index is 2.40. The number of nitrogens with zero attached hydrogens (tertiary/aromatic N) is 2. The molecular weight excluding hydrogens is 291 g/mol. The predicted octanol–water partition coefficient (Wildman–Crippen LogP) is -0.0469. The Labute approximate surface area is 122 Å². The number of hydrogen-bond donors (Lipinski definition) is 2. The third-order valence-corrected chi connectivity index (χ3v) is 4.64. The predicted molar refractivity (Wildman–Crippen MR) is 78.6 cm³/mol. The van der Waals surface area contributed by atoms with E-state index in [1.54, 1.807) is 18.2 Å². The van der Waals surface area contributed by atoms with Crippen molar-refractivity contribution in [2.24, 2.45) is 0 Å². The summed E-state index contributed by atoms with van der Waals surface area (Å²) in [6.07, 6.45) is 0.860. The minimum absolute atomic E-state index is 0.00923. The summed E-state index contributed by atoms with van der Waals surface area (Å²) >= 11 is 0. The zero-order valence-electron chi connectivity index (χ0n) is 11.7. The maximum atomic E-state index is 12.7. The molecule has 2 N–H and O–H groups in total. The smallest absolute Gasteiger partial charge is 0.423 e. The largest absolute Gasteiger partial charge is 0.490 e. The number of rotatable bonds is 3. The van der Waals surface area contributed by atoms with Gasteiger partial charge in [-0.1, -0.05) is 18.2 Å². The van der Waals surface area contributed by atoms with Crippen LogP contribution in [0.4, 0.5) is 0 Å². The molecular formula is C13H11BN2O4S. The molecule has 6 nitrogen and oxygen atoms in total. The van der Waals surface area contributed by atoms with Crippen molar-refractivity contribution in [1.82, 2.24) is 8.96 Å². The first-order valence-electron chi connectivity index (χ1n) is 6.57. The van der Waals surface area contributed by atoms with Gasteiger partial charge in [0.1, 0.15) is 0 Å². The molecule has 0 aliphatic rings. The topological polar surface area (TPSA) is 92.4 Å². The van der Waals surface area contributed by atoms with Crippen molar-refractivity contribution >= 4 is 33.6 Å². The van der Waals surface area contributed by atoms with Gasteiger partial charge in [-0.15, -0.1) is 0 Å². The van der Waals surface area contributed by atoms with Crippen LogP contribution in [-0.4, -0.2) is 34.5 Å². The third-order valence-electron chi connectivity index (χ3n) is 3.03. The van der Waals surface area contributed by atoms with Crippen molar-refractivity contribution in [3.63, 3.8) is 0 Å². The Hall–Kier alpha value is -2.16. The molecule has 0 saturated heterocycles. The summed E-state index contributed by atoms with van der Waals surface area (Å²) in [6.45, 7) is 0. The summed E-state index contributed by atoms with van der Waals surface area (Å²) in [7, 11) is -6.03.